The zero-order valence-electron chi connectivity index (χ0n) is 12.6. The Bertz CT molecular complexity index is 574. The van der Waals surface area contributed by atoms with Crippen LogP contribution in [0, 0.1) is 34.6 Å². The molecule has 0 amide bonds. The van der Waals surface area contributed by atoms with E-state index in [1.54, 1.807) is 0 Å². The normalized spacial score (nSPS) is 10.6. The van der Waals surface area contributed by atoms with Crippen LogP contribution in [0.3, 0.4) is 0 Å². The molecule has 0 unspecified atom stereocenters. The summed E-state index contributed by atoms with van der Waals surface area (Å²) in [4.78, 5) is 0. The molecule has 0 aromatic heterocycles. The zero-order valence-corrected chi connectivity index (χ0v) is 12.6. The van der Waals surface area contributed by atoms with Gasteiger partial charge in [-0.05, 0) is 62.9 Å². The minimum Gasteiger partial charge on any atom is -0.381 e. The molecule has 0 heterocycles. The van der Waals surface area contributed by atoms with E-state index in [2.05, 4.69) is 70.3 Å². The Morgan fingerprint density at radius 1 is 0.737 bits per heavy atom. The van der Waals surface area contributed by atoms with Gasteiger partial charge in [-0.25, -0.2) is 0 Å². The second kappa shape index (κ2) is 5.48. The lowest BCUT2D eigenvalue weighted by atomic mass is 9.99. The van der Waals surface area contributed by atoms with Crippen LogP contribution in [0.2, 0.25) is 0 Å². The third-order valence-electron chi connectivity index (χ3n) is 3.68. The van der Waals surface area contributed by atoms with E-state index < -0.39 is 0 Å². The van der Waals surface area contributed by atoms with Gasteiger partial charge in [-0.3, -0.25) is 0 Å². The topological polar surface area (TPSA) is 12.0 Å². The molecule has 2 rings (SSSR count). The second-order valence-electron chi connectivity index (χ2n) is 5.55. The standard InChI is InChI=1S/C18H23N/c1-12-6-7-18(16(5)8-12)19-11-17-14(3)9-13(2)10-15(17)4/h6-10,19H,11H2,1-5H3. The van der Waals surface area contributed by atoms with Crippen molar-refractivity contribution >= 4 is 5.69 Å². The predicted octanol–water partition coefficient (Wildman–Crippen LogP) is 4.84. The highest BCUT2D eigenvalue weighted by atomic mass is 14.9. The summed E-state index contributed by atoms with van der Waals surface area (Å²) in [5.41, 5.74) is 9.33. The number of anilines is 1. The molecule has 0 aliphatic rings. The molecule has 0 saturated heterocycles. The number of hydrogen-bond acceptors (Lipinski definition) is 1. The van der Waals surface area contributed by atoms with Crippen LogP contribution in [-0.4, -0.2) is 0 Å². The number of hydrogen-bond donors (Lipinski definition) is 1. The Morgan fingerprint density at radius 3 is 1.89 bits per heavy atom. The second-order valence-corrected chi connectivity index (χ2v) is 5.55. The molecule has 100 valence electrons. The summed E-state index contributed by atoms with van der Waals surface area (Å²) in [7, 11) is 0. The van der Waals surface area contributed by atoms with E-state index >= 15 is 0 Å². The van der Waals surface area contributed by atoms with Crippen molar-refractivity contribution in [2.24, 2.45) is 0 Å². The smallest absolute Gasteiger partial charge is 0.0406 e. The fraction of sp³-hybridized carbons (Fsp3) is 0.333. The molecule has 0 bridgehead atoms. The first-order valence-corrected chi connectivity index (χ1v) is 6.85. The number of rotatable bonds is 3. The first kappa shape index (κ1) is 13.7. The lowest BCUT2D eigenvalue weighted by Gasteiger charge is -2.15. The average Bonchev–Trinajstić information content (AvgIpc) is 2.30. The minimum absolute atomic E-state index is 0.891. The molecule has 1 nitrogen and oxygen atoms in total. The summed E-state index contributed by atoms with van der Waals surface area (Å²) in [6.07, 6.45) is 0. The van der Waals surface area contributed by atoms with Crippen LogP contribution in [0.15, 0.2) is 30.3 Å². The third-order valence-corrected chi connectivity index (χ3v) is 3.68. The van der Waals surface area contributed by atoms with Crippen LogP contribution in [0.5, 0.6) is 0 Å². The van der Waals surface area contributed by atoms with Crippen LogP contribution in [0.25, 0.3) is 0 Å². The fourth-order valence-corrected chi connectivity index (χ4v) is 2.68. The molecular formula is C18H23N. The lowest BCUT2D eigenvalue weighted by molar-refractivity contribution is 1.08. The highest BCUT2D eigenvalue weighted by molar-refractivity contribution is 5.53. The monoisotopic (exact) mass is 253 g/mol. The summed E-state index contributed by atoms with van der Waals surface area (Å²) >= 11 is 0. The molecule has 1 N–H and O–H groups in total. The summed E-state index contributed by atoms with van der Waals surface area (Å²) in [6.45, 7) is 11.7. The summed E-state index contributed by atoms with van der Waals surface area (Å²) in [6, 6.07) is 11.1. The van der Waals surface area contributed by atoms with Gasteiger partial charge in [0, 0.05) is 12.2 Å². The van der Waals surface area contributed by atoms with Crippen LogP contribution in [0.4, 0.5) is 5.69 Å². The Hall–Kier alpha value is -1.76. The SMILES string of the molecule is Cc1ccc(NCc2c(C)cc(C)cc2C)c(C)c1. The van der Waals surface area contributed by atoms with Crippen molar-refractivity contribution in [2.45, 2.75) is 41.2 Å². The molecule has 19 heavy (non-hydrogen) atoms. The molecule has 1 heteroatoms. The number of nitrogens with one attached hydrogen (secondary N) is 1. The van der Waals surface area contributed by atoms with Crippen molar-refractivity contribution in [2.75, 3.05) is 5.32 Å². The van der Waals surface area contributed by atoms with E-state index in [0.717, 1.165) is 6.54 Å². The third kappa shape index (κ3) is 3.17. The van der Waals surface area contributed by atoms with Gasteiger partial charge in [0.25, 0.3) is 0 Å². The number of benzene rings is 2. The maximum atomic E-state index is 3.56. The van der Waals surface area contributed by atoms with Crippen molar-refractivity contribution in [3.63, 3.8) is 0 Å². The van der Waals surface area contributed by atoms with E-state index in [0.29, 0.717) is 0 Å². The minimum atomic E-state index is 0.891. The largest absolute Gasteiger partial charge is 0.381 e. The molecule has 0 aliphatic heterocycles. The van der Waals surface area contributed by atoms with Crippen molar-refractivity contribution < 1.29 is 0 Å². The number of aryl methyl sites for hydroxylation is 5. The quantitative estimate of drug-likeness (QED) is 0.825. The van der Waals surface area contributed by atoms with Gasteiger partial charge in [0.15, 0.2) is 0 Å². The predicted molar refractivity (Wildman–Crippen MR) is 83.9 cm³/mol. The van der Waals surface area contributed by atoms with Crippen molar-refractivity contribution in [1.82, 2.24) is 0 Å². The molecule has 0 spiro atoms. The molecular weight excluding hydrogens is 230 g/mol. The van der Waals surface area contributed by atoms with Gasteiger partial charge in [0.1, 0.15) is 0 Å². The van der Waals surface area contributed by atoms with Crippen LogP contribution in [-0.2, 0) is 6.54 Å². The Kier molecular flexibility index (Phi) is 3.94. The van der Waals surface area contributed by atoms with Gasteiger partial charge in [0.05, 0.1) is 0 Å². The maximum absolute atomic E-state index is 3.56. The van der Waals surface area contributed by atoms with Crippen LogP contribution >= 0.6 is 0 Å². The van der Waals surface area contributed by atoms with Crippen LogP contribution < -0.4 is 5.32 Å². The Labute approximate surface area is 116 Å². The van der Waals surface area contributed by atoms with E-state index in [1.807, 2.05) is 0 Å². The van der Waals surface area contributed by atoms with Gasteiger partial charge in [-0.15, -0.1) is 0 Å². The highest BCUT2D eigenvalue weighted by Gasteiger charge is 2.04. The summed E-state index contributed by atoms with van der Waals surface area (Å²) in [5, 5.41) is 3.56. The van der Waals surface area contributed by atoms with E-state index in [9.17, 15) is 0 Å². The first-order valence-electron chi connectivity index (χ1n) is 6.85. The molecule has 0 atom stereocenters. The van der Waals surface area contributed by atoms with Gasteiger partial charge in [0.2, 0.25) is 0 Å². The van der Waals surface area contributed by atoms with Gasteiger partial charge < -0.3 is 5.32 Å². The van der Waals surface area contributed by atoms with Gasteiger partial charge in [-0.1, -0.05) is 35.4 Å². The first-order chi connectivity index (χ1) is 8.97. The highest BCUT2D eigenvalue weighted by Crippen LogP contribution is 2.20. The molecule has 0 saturated carbocycles. The summed E-state index contributed by atoms with van der Waals surface area (Å²) in [5.74, 6) is 0. The van der Waals surface area contributed by atoms with E-state index in [-0.39, 0.29) is 0 Å². The molecule has 0 aliphatic carbocycles. The van der Waals surface area contributed by atoms with Crippen molar-refractivity contribution in [3.05, 3.63) is 63.7 Å². The Morgan fingerprint density at radius 2 is 1.32 bits per heavy atom. The Balaban J connectivity index is 2.19. The van der Waals surface area contributed by atoms with Gasteiger partial charge in [-0.2, -0.15) is 0 Å². The van der Waals surface area contributed by atoms with Crippen molar-refractivity contribution in [3.8, 4) is 0 Å². The molecule has 2 aromatic carbocycles. The maximum Gasteiger partial charge on any atom is 0.0406 e. The lowest BCUT2D eigenvalue weighted by Crippen LogP contribution is -2.05. The zero-order chi connectivity index (χ0) is 14.0. The molecule has 0 radical (unpaired) electrons. The van der Waals surface area contributed by atoms with Gasteiger partial charge >= 0.3 is 0 Å². The average molecular weight is 253 g/mol. The van der Waals surface area contributed by atoms with E-state index in [1.165, 1.54) is 39.1 Å². The van der Waals surface area contributed by atoms with Crippen molar-refractivity contribution in [1.29, 1.82) is 0 Å². The molecule has 2 aromatic rings. The fourth-order valence-electron chi connectivity index (χ4n) is 2.68. The summed E-state index contributed by atoms with van der Waals surface area (Å²) < 4.78 is 0. The van der Waals surface area contributed by atoms with E-state index in [4.69, 9.17) is 0 Å². The molecule has 0 fully saturated rings. The van der Waals surface area contributed by atoms with Crippen LogP contribution in [0.1, 0.15) is 33.4 Å².